The Morgan fingerprint density at radius 1 is 1.57 bits per heavy atom. The maximum Gasteiger partial charge on any atom is 0.224 e. The van der Waals surface area contributed by atoms with Crippen molar-refractivity contribution >= 4 is 44.5 Å². The quantitative estimate of drug-likeness (QED) is 0.826. The molecule has 2 aromatic rings. The molecule has 1 aromatic carbocycles. The van der Waals surface area contributed by atoms with Crippen LogP contribution in [0.4, 0.5) is 4.39 Å². The Morgan fingerprint density at radius 3 is 2.71 bits per heavy atom. The van der Waals surface area contributed by atoms with Crippen LogP contribution in [-0.2, 0) is 11.3 Å². The topological polar surface area (TPSA) is 60.9 Å². The number of carbonyl (C=O) groups is 1. The van der Waals surface area contributed by atoms with Gasteiger partial charge in [0, 0.05) is 12.6 Å². The van der Waals surface area contributed by atoms with Crippen LogP contribution in [0.15, 0.2) is 16.6 Å². The number of halogens is 3. The standard InChI is InChI=1S/C14H16BrClFN3O/c1-7(16)12-19-10-5-9(17)8(15)4-11(10)20(12)6-14(2,3)13(18)21/h4-5,7H,6H2,1-3H3,(H2,18,21). The van der Waals surface area contributed by atoms with E-state index in [9.17, 15) is 9.18 Å². The molecule has 0 aliphatic rings. The van der Waals surface area contributed by atoms with Crippen molar-refractivity contribution in [2.75, 3.05) is 0 Å². The van der Waals surface area contributed by atoms with Crippen LogP contribution >= 0.6 is 27.5 Å². The number of nitrogens with two attached hydrogens (primary N) is 1. The highest BCUT2D eigenvalue weighted by molar-refractivity contribution is 9.10. The van der Waals surface area contributed by atoms with Crippen molar-refractivity contribution in [3.8, 4) is 0 Å². The Hall–Kier alpha value is -1.14. The molecule has 0 radical (unpaired) electrons. The van der Waals surface area contributed by atoms with Gasteiger partial charge < -0.3 is 10.3 Å². The first-order valence-corrected chi connectivity index (χ1v) is 7.65. The fourth-order valence-electron chi connectivity index (χ4n) is 2.08. The van der Waals surface area contributed by atoms with E-state index in [4.69, 9.17) is 17.3 Å². The smallest absolute Gasteiger partial charge is 0.224 e. The van der Waals surface area contributed by atoms with Gasteiger partial charge in [-0.25, -0.2) is 9.37 Å². The molecule has 0 fully saturated rings. The molecule has 0 saturated heterocycles. The highest BCUT2D eigenvalue weighted by atomic mass is 79.9. The number of fused-ring (bicyclic) bond motifs is 1. The van der Waals surface area contributed by atoms with E-state index in [2.05, 4.69) is 20.9 Å². The normalized spacial score (nSPS) is 13.6. The molecule has 2 N–H and O–H groups in total. The van der Waals surface area contributed by atoms with Crippen LogP contribution in [0.5, 0.6) is 0 Å². The van der Waals surface area contributed by atoms with Gasteiger partial charge in [-0.3, -0.25) is 4.79 Å². The van der Waals surface area contributed by atoms with Gasteiger partial charge in [0.1, 0.15) is 11.6 Å². The number of alkyl halides is 1. The number of primary amides is 1. The number of amides is 1. The fraction of sp³-hybridized carbons (Fsp3) is 0.429. The fourth-order valence-corrected chi connectivity index (χ4v) is 2.58. The lowest BCUT2D eigenvalue weighted by Crippen LogP contribution is -2.35. The van der Waals surface area contributed by atoms with Crippen LogP contribution in [-0.4, -0.2) is 15.5 Å². The number of rotatable bonds is 4. The second kappa shape index (κ2) is 5.57. The van der Waals surface area contributed by atoms with Crippen LogP contribution in [0.2, 0.25) is 0 Å². The van der Waals surface area contributed by atoms with Crippen molar-refractivity contribution < 1.29 is 9.18 Å². The lowest BCUT2D eigenvalue weighted by Gasteiger charge is -2.23. The van der Waals surface area contributed by atoms with Gasteiger partial charge in [-0.15, -0.1) is 11.6 Å². The van der Waals surface area contributed by atoms with Gasteiger partial charge in [-0.2, -0.15) is 0 Å². The Morgan fingerprint density at radius 2 is 2.19 bits per heavy atom. The number of benzene rings is 1. The average molecular weight is 377 g/mol. The largest absolute Gasteiger partial charge is 0.369 e. The third kappa shape index (κ3) is 3.06. The predicted octanol–water partition coefficient (Wildman–Crippen LogP) is 3.75. The van der Waals surface area contributed by atoms with Crippen LogP contribution in [0.3, 0.4) is 0 Å². The summed E-state index contributed by atoms with van der Waals surface area (Å²) in [6.07, 6.45) is 0. The van der Waals surface area contributed by atoms with E-state index in [0.29, 0.717) is 27.9 Å². The summed E-state index contributed by atoms with van der Waals surface area (Å²) in [6, 6.07) is 2.98. The van der Waals surface area contributed by atoms with E-state index < -0.39 is 17.1 Å². The molecular formula is C14H16BrClFN3O. The average Bonchev–Trinajstić information content (AvgIpc) is 2.68. The van der Waals surface area contributed by atoms with Crippen molar-refractivity contribution in [1.82, 2.24) is 9.55 Å². The molecule has 0 aliphatic heterocycles. The lowest BCUT2D eigenvalue weighted by atomic mass is 9.92. The van der Waals surface area contributed by atoms with Gasteiger partial charge >= 0.3 is 0 Å². The summed E-state index contributed by atoms with van der Waals surface area (Å²) >= 11 is 9.33. The van der Waals surface area contributed by atoms with E-state index in [-0.39, 0.29) is 5.38 Å². The van der Waals surface area contributed by atoms with Gasteiger partial charge in [0.15, 0.2) is 0 Å². The SMILES string of the molecule is CC(Cl)c1nc2cc(F)c(Br)cc2n1CC(C)(C)C(N)=O. The maximum absolute atomic E-state index is 13.7. The molecule has 1 aromatic heterocycles. The monoisotopic (exact) mass is 375 g/mol. The zero-order valence-electron chi connectivity index (χ0n) is 12.0. The highest BCUT2D eigenvalue weighted by Crippen LogP contribution is 2.31. The van der Waals surface area contributed by atoms with E-state index in [1.54, 1.807) is 26.8 Å². The molecule has 1 amide bonds. The summed E-state index contributed by atoms with van der Waals surface area (Å²) in [7, 11) is 0. The first-order chi connectivity index (χ1) is 9.63. The summed E-state index contributed by atoms with van der Waals surface area (Å²) < 4.78 is 15.8. The highest BCUT2D eigenvalue weighted by Gasteiger charge is 2.28. The third-order valence-electron chi connectivity index (χ3n) is 3.40. The van der Waals surface area contributed by atoms with Gasteiger partial charge in [0.05, 0.1) is 26.3 Å². The molecule has 0 bridgehead atoms. The zero-order valence-corrected chi connectivity index (χ0v) is 14.3. The number of hydrogen-bond acceptors (Lipinski definition) is 2. The summed E-state index contributed by atoms with van der Waals surface area (Å²) in [5.74, 6) is -0.229. The molecule has 1 heterocycles. The van der Waals surface area contributed by atoms with Gasteiger partial charge in [-0.05, 0) is 42.8 Å². The second-order valence-corrected chi connectivity index (χ2v) is 7.18. The minimum absolute atomic E-state index is 0.323. The first-order valence-electron chi connectivity index (χ1n) is 6.42. The number of nitrogens with zero attached hydrogens (tertiary/aromatic N) is 2. The first kappa shape index (κ1) is 16.2. The minimum Gasteiger partial charge on any atom is -0.369 e. The Bertz CT molecular complexity index is 712. The van der Waals surface area contributed by atoms with E-state index in [1.165, 1.54) is 6.07 Å². The van der Waals surface area contributed by atoms with Crippen molar-refractivity contribution in [1.29, 1.82) is 0 Å². The van der Waals surface area contributed by atoms with Gasteiger partial charge in [0.25, 0.3) is 0 Å². The van der Waals surface area contributed by atoms with Crippen molar-refractivity contribution in [2.24, 2.45) is 11.1 Å². The Labute approximate surface area is 135 Å². The van der Waals surface area contributed by atoms with Crippen LogP contribution in [0.1, 0.15) is 32.0 Å². The zero-order chi connectivity index (χ0) is 15.9. The Balaban J connectivity index is 2.67. The number of imidazole rings is 1. The van der Waals surface area contributed by atoms with Crippen molar-refractivity contribution in [2.45, 2.75) is 32.7 Å². The summed E-state index contributed by atoms with van der Waals surface area (Å²) in [6.45, 7) is 5.61. The van der Waals surface area contributed by atoms with Crippen molar-refractivity contribution in [3.05, 3.63) is 28.2 Å². The Kier molecular flexibility index (Phi) is 4.31. The minimum atomic E-state index is -0.769. The molecule has 21 heavy (non-hydrogen) atoms. The third-order valence-corrected chi connectivity index (χ3v) is 4.20. The summed E-state index contributed by atoms with van der Waals surface area (Å²) in [4.78, 5) is 15.9. The molecule has 1 atom stereocenters. The molecule has 0 saturated carbocycles. The van der Waals surface area contributed by atoms with Crippen LogP contribution in [0.25, 0.3) is 11.0 Å². The molecule has 0 spiro atoms. The summed E-state index contributed by atoms with van der Waals surface area (Å²) in [5.41, 5.74) is 5.87. The van der Waals surface area contributed by atoms with Gasteiger partial charge in [0.2, 0.25) is 5.91 Å². The van der Waals surface area contributed by atoms with Crippen LogP contribution < -0.4 is 5.73 Å². The molecule has 2 rings (SSSR count). The maximum atomic E-state index is 13.7. The molecule has 114 valence electrons. The second-order valence-electron chi connectivity index (χ2n) is 5.68. The number of hydrogen-bond donors (Lipinski definition) is 1. The summed E-state index contributed by atoms with van der Waals surface area (Å²) in [5, 5.41) is -0.372. The molecule has 7 heteroatoms. The van der Waals surface area contributed by atoms with Gasteiger partial charge in [-0.1, -0.05) is 0 Å². The molecular weight excluding hydrogens is 361 g/mol. The van der Waals surface area contributed by atoms with E-state index in [1.807, 2.05) is 4.57 Å². The van der Waals surface area contributed by atoms with Crippen molar-refractivity contribution in [3.63, 3.8) is 0 Å². The lowest BCUT2D eigenvalue weighted by molar-refractivity contribution is -0.126. The van der Waals surface area contributed by atoms with E-state index >= 15 is 0 Å². The molecule has 4 nitrogen and oxygen atoms in total. The molecule has 0 aliphatic carbocycles. The van der Waals surface area contributed by atoms with Crippen LogP contribution in [0, 0.1) is 11.2 Å². The van der Waals surface area contributed by atoms with E-state index in [0.717, 1.165) is 0 Å². The number of aromatic nitrogens is 2. The predicted molar refractivity (Wildman–Crippen MR) is 84.6 cm³/mol. The molecule has 1 unspecified atom stereocenters. The number of carbonyl (C=O) groups excluding carboxylic acids is 1.